The van der Waals surface area contributed by atoms with E-state index in [9.17, 15) is 0 Å². The van der Waals surface area contributed by atoms with Gasteiger partial charge in [0.25, 0.3) is 0 Å². The van der Waals surface area contributed by atoms with Crippen molar-refractivity contribution < 1.29 is 0 Å². The van der Waals surface area contributed by atoms with Gasteiger partial charge in [0.2, 0.25) is 0 Å². The van der Waals surface area contributed by atoms with Crippen molar-refractivity contribution in [3.8, 4) is 0 Å². The number of aryl methyl sites for hydroxylation is 2. The lowest BCUT2D eigenvalue weighted by molar-refractivity contribution is 0.698. The highest BCUT2D eigenvalue weighted by molar-refractivity contribution is 7.98. The number of benzene rings is 1. The largest absolute Gasteiger partial charge is 0.357 e. The summed E-state index contributed by atoms with van der Waals surface area (Å²) in [5.41, 5.74) is 2.67. The molecule has 0 aliphatic rings. The number of hydrogen-bond donors (Lipinski definition) is 2. The lowest BCUT2D eigenvalue weighted by atomic mass is 10.2. The normalized spacial score (nSPS) is 11.5. The van der Waals surface area contributed by atoms with Crippen LogP contribution in [-0.2, 0) is 19.3 Å². The highest BCUT2D eigenvalue weighted by Crippen LogP contribution is 2.12. The van der Waals surface area contributed by atoms with Crippen LogP contribution in [0.2, 0.25) is 0 Å². The summed E-state index contributed by atoms with van der Waals surface area (Å²) in [5, 5.41) is 10.7. The number of hydrogen-bond acceptors (Lipinski definition) is 4. The van der Waals surface area contributed by atoms with Crippen LogP contribution in [0.15, 0.2) is 35.6 Å². The van der Waals surface area contributed by atoms with E-state index in [-0.39, 0.29) is 0 Å². The van der Waals surface area contributed by atoms with E-state index >= 15 is 0 Å². The lowest BCUT2D eigenvalue weighted by Crippen LogP contribution is -2.38. The van der Waals surface area contributed by atoms with Crippen LogP contribution in [0, 0.1) is 6.92 Å². The van der Waals surface area contributed by atoms with E-state index in [1.165, 1.54) is 11.1 Å². The molecule has 0 saturated carbocycles. The molecule has 130 valence electrons. The first-order chi connectivity index (χ1) is 11.7. The van der Waals surface area contributed by atoms with Gasteiger partial charge < -0.3 is 10.6 Å². The maximum Gasteiger partial charge on any atom is 0.191 e. The van der Waals surface area contributed by atoms with Crippen molar-refractivity contribution in [3.63, 3.8) is 0 Å². The van der Waals surface area contributed by atoms with Gasteiger partial charge in [0.1, 0.15) is 18.7 Å². The maximum absolute atomic E-state index is 4.54. The van der Waals surface area contributed by atoms with Gasteiger partial charge in [0.05, 0.1) is 0 Å². The summed E-state index contributed by atoms with van der Waals surface area (Å²) >= 11 is 1.92. The molecule has 2 rings (SSSR count). The third-order valence-corrected chi connectivity index (χ3v) is 4.49. The Labute approximate surface area is 148 Å². The van der Waals surface area contributed by atoms with E-state index in [2.05, 4.69) is 63.8 Å². The first kappa shape index (κ1) is 18.3. The van der Waals surface area contributed by atoms with Crippen LogP contribution >= 0.6 is 11.8 Å². The Hall–Kier alpha value is -2.02. The van der Waals surface area contributed by atoms with E-state index in [0.29, 0.717) is 6.54 Å². The van der Waals surface area contributed by atoms with Crippen LogP contribution in [0.5, 0.6) is 0 Å². The number of rotatable bonds is 8. The molecule has 1 heterocycles. The average molecular weight is 347 g/mol. The van der Waals surface area contributed by atoms with Gasteiger partial charge in [-0.1, -0.05) is 29.8 Å². The minimum absolute atomic E-state index is 0.516. The van der Waals surface area contributed by atoms with Gasteiger partial charge in [0, 0.05) is 31.6 Å². The molecule has 0 saturated heterocycles. The quantitative estimate of drug-likeness (QED) is 0.435. The van der Waals surface area contributed by atoms with Crippen molar-refractivity contribution >= 4 is 17.7 Å². The molecule has 0 amide bonds. The molecule has 6 nitrogen and oxygen atoms in total. The van der Waals surface area contributed by atoms with Crippen molar-refractivity contribution in [1.82, 2.24) is 25.4 Å². The zero-order chi connectivity index (χ0) is 17.2. The highest BCUT2D eigenvalue weighted by Gasteiger charge is 2.01. The standard InChI is InChI=1S/C17H26N6S/c1-4-18-17(20-11-16-21-13-22-23(16)3)19-9-10-24-12-15-7-5-14(2)6-8-15/h5-8,13H,4,9-12H2,1-3H3,(H2,18,19,20). The summed E-state index contributed by atoms with van der Waals surface area (Å²) in [6.45, 7) is 6.40. The number of aromatic nitrogens is 3. The molecule has 0 spiro atoms. The zero-order valence-corrected chi connectivity index (χ0v) is 15.4. The van der Waals surface area contributed by atoms with E-state index < -0.39 is 0 Å². The molecule has 0 bridgehead atoms. The van der Waals surface area contributed by atoms with Gasteiger partial charge in [-0.05, 0) is 19.4 Å². The topological polar surface area (TPSA) is 67.1 Å². The van der Waals surface area contributed by atoms with Crippen molar-refractivity contribution in [2.75, 3.05) is 18.8 Å². The van der Waals surface area contributed by atoms with Crippen LogP contribution in [0.1, 0.15) is 23.9 Å². The Balaban J connectivity index is 1.71. The lowest BCUT2D eigenvalue weighted by Gasteiger charge is -2.11. The number of guanidine groups is 1. The molecular weight excluding hydrogens is 320 g/mol. The van der Waals surface area contributed by atoms with Crippen LogP contribution < -0.4 is 10.6 Å². The van der Waals surface area contributed by atoms with Gasteiger partial charge in [0.15, 0.2) is 5.96 Å². The third kappa shape index (κ3) is 6.23. The van der Waals surface area contributed by atoms with Crippen molar-refractivity contribution in [2.45, 2.75) is 26.1 Å². The summed E-state index contributed by atoms with van der Waals surface area (Å²) in [5.74, 6) is 3.73. The second-order valence-electron chi connectivity index (χ2n) is 5.46. The third-order valence-electron chi connectivity index (χ3n) is 3.46. The second kappa shape index (κ2) is 9.97. The molecule has 0 unspecified atom stereocenters. The molecule has 2 aromatic rings. The molecule has 7 heteroatoms. The predicted octanol–water partition coefficient (Wildman–Crippen LogP) is 2.11. The Kier molecular flexibility index (Phi) is 7.61. The van der Waals surface area contributed by atoms with Gasteiger partial charge in [-0.2, -0.15) is 16.9 Å². The zero-order valence-electron chi connectivity index (χ0n) is 14.6. The molecule has 0 aliphatic heterocycles. The van der Waals surface area contributed by atoms with E-state index in [0.717, 1.165) is 36.4 Å². The van der Waals surface area contributed by atoms with Crippen molar-refractivity contribution in [3.05, 3.63) is 47.5 Å². The monoisotopic (exact) mass is 346 g/mol. The maximum atomic E-state index is 4.54. The minimum atomic E-state index is 0.516. The van der Waals surface area contributed by atoms with E-state index in [1.54, 1.807) is 11.0 Å². The molecule has 1 aromatic heterocycles. The fourth-order valence-corrected chi connectivity index (χ4v) is 2.89. The predicted molar refractivity (Wildman–Crippen MR) is 101 cm³/mol. The van der Waals surface area contributed by atoms with Crippen LogP contribution in [-0.4, -0.2) is 39.6 Å². The highest BCUT2D eigenvalue weighted by atomic mass is 32.2. The molecular formula is C17H26N6S. The van der Waals surface area contributed by atoms with Gasteiger partial charge in [-0.25, -0.2) is 9.98 Å². The molecule has 1 aromatic carbocycles. The van der Waals surface area contributed by atoms with Crippen LogP contribution in [0.4, 0.5) is 0 Å². The number of aliphatic imine (C=N–C) groups is 1. The summed E-state index contributed by atoms with van der Waals surface area (Å²) in [6.07, 6.45) is 1.55. The van der Waals surface area contributed by atoms with Crippen molar-refractivity contribution in [2.24, 2.45) is 12.0 Å². The molecule has 0 atom stereocenters. The number of thioether (sulfide) groups is 1. The summed E-state index contributed by atoms with van der Waals surface area (Å²) in [4.78, 5) is 8.73. The van der Waals surface area contributed by atoms with Gasteiger partial charge in [-0.15, -0.1) is 0 Å². The molecule has 24 heavy (non-hydrogen) atoms. The first-order valence-electron chi connectivity index (χ1n) is 8.17. The summed E-state index contributed by atoms with van der Waals surface area (Å²) < 4.78 is 1.74. The SMILES string of the molecule is CCNC(=NCc1ncnn1C)NCCSCc1ccc(C)cc1. The van der Waals surface area contributed by atoms with Gasteiger partial charge >= 0.3 is 0 Å². The Morgan fingerprint density at radius 3 is 2.71 bits per heavy atom. The van der Waals surface area contributed by atoms with Crippen LogP contribution in [0.25, 0.3) is 0 Å². The Morgan fingerprint density at radius 2 is 2.04 bits per heavy atom. The summed E-state index contributed by atoms with van der Waals surface area (Å²) in [7, 11) is 1.87. The summed E-state index contributed by atoms with van der Waals surface area (Å²) in [6, 6.07) is 8.72. The fourth-order valence-electron chi connectivity index (χ4n) is 2.07. The first-order valence-corrected chi connectivity index (χ1v) is 9.33. The number of nitrogens with one attached hydrogen (secondary N) is 2. The average Bonchev–Trinajstić information content (AvgIpc) is 2.99. The van der Waals surface area contributed by atoms with Crippen LogP contribution in [0.3, 0.4) is 0 Å². The van der Waals surface area contributed by atoms with Gasteiger partial charge in [-0.3, -0.25) is 4.68 Å². The van der Waals surface area contributed by atoms with E-state index in [4.69, 9.17) is 0 Å². The van der Waals surface area contributed by atoms with Crippen molar-refractivity contribution in [1.29, 1.82) is 0 Å². The molecule has 2 N–H and O–H groups in total. The number of nitrogens with zero attached hydrogens (tertiary/aromatic N) is 4. The Bertz CT molecular complexity index is 635. The molecule has 0 aliphatic carbocycles. The van der Waals surface area contributed by atoms with E-state index in [1.807, 2.05) is 18.8 Å². The second-order valence-corrected chi connectivity index (χ2v) is 6.57. The minimum Gasteiger partial charge on any atom is -0.357 e. The smallest absolute Gasteiger partial charge is 0.191 e. The molecule has 0 fully saturated rings. The fraction of sp³-hybridized carbons (Fsp3) is 0.471. The molecule has 0 radical (unpaired) electrons. The Morgan fingerprint density at radius 1 is 1.25 bits per heavy atom.